The Morgan fingerprint density at radius 3 is 2.30 bits per heavy atom. The van der Waals surface area contributed by atoms with Crippen LogP contribution in [0.5, 0.6) is 11.9 Å². The van der Waals surface area contributed by atoms with Gasteiger partial charge in [-0.05, 0) is 53.9 Å². The highest BCUT2D eigenvalue weighted by atomic mass is 19.1. The maximum Gasteiger partial charge on any atom is 0.319 e. The molecule has 2 aromatic carbocycles. The van der Waals surface area contributed by atoms with E-state index in [1.807, 2.05) is 24.3 Å². The molecule has 5 heteroatoms. The first kappa shape index (κ1) is 21.6. The van der Waals surface area contributed by atoms with Crippen molar-refractivity contribution >= 4 is 5.57 Å². The number of hydrogen-bond donors (Lipinski definition) is 0. The van der Waals surface area contributed by atoms with Crippen LogP contribution < -0.4 is 9.47 Å². The summed E-state index contributed by atoms with van der Waals surface area (Å²) in [5.41, 5.74) is 5.97. The monoisotopic (exact) mass is 444 g/mol. The number of ether oxygens (including phenoxy) is 2. The Morgan fingerprint density at radius 1 is 0.909 bits per heavy atom. The quantitative estimate of drug-likeness (QED) is 0.431. The first-order chi connectivity index (χ1) is 16.2. The minimum atomic E-state index is -1.05. The fraction of sp³-hybridized carbons (Fsp3) is 0.357. The largest absolute Gasteiger partial charge is 0.481 e. The van der Waals surface area contributed by atoms with E-state index in [0.29, 0.717) is 31.1 Å². The van der Waals surface area contributed by atoms with Crippen LogP contribution in [0.3, 0.4) is 0 Å². The van der Waals surface area contributed by atoms with Crippen LogP contribution in [0.2, 0.25) is 0 Å². The smallest absolute Gasteiger partial charge is 0.319 e. The van der Waals surface area contributed by atoms with Gasteiger partial charge in [-0.1, -0.05) is 60.7 Å². The lowest BCUT2D eigenvalue weighted by molar-refractivity contribution is 0.330. The molecule has 2 aliphatic rings. The topological polar surface area (TPSA) is 44.2 Å². The van der Waals surface area contributed by atoms with E-state index in [9.17, 15) is 0 Å². The maximum absolute atomic E-state index is 15.5. The lowest BCUT2D eigenvalue weighted by Crippen LogP contribution is -2.19. The van der Waals surface area contributed by atoms with Crippen molar-refractivity contribution in [2.45, 2.75) is 50.1 Å². The van der Waals surface area contributed by atoms with E-state index in [0.717, 1.165) is 28.0 Å². The third kappa shape index (κ3) is 4.63. The van der Waals surface area contributed by atoms with E-state index in [1.165, 1.54) is 25.5 Å². The second-order valence-corrected chi connectivity index (χ2v) is 8.94. The number of hydrogen-bond acceptors (Lipinski definition) is 4. The van der Waals surface area contributed by atoms with Gasteiger partial charge in [-0.25, -0.2) is 4.39 Å². The van der Waals surface area contributed by atoms with Gasteiger partial charge in [0.2, 0.25) is 5.88 Å². The summed E-state index contributed by atoms with van der Waals surface area (Å²) in [7, 11) is 3.14. The van der Waals surface area contributed by atoms with Crippen molar-refractivity contribution in [2.75, 3.05) is 14.2 Å². The Labute approximate surface area is 194 Å². The molecular weight excluding hydrogens is 415 g/mol. The van der Waals surface area contributed by atoms with Gasteiger partial charge in [-0.15, -0.1) is 0 Å². The molecule has 1 aromatic heterocycles. The highest BCUT2D eigenvalue weighted by Gasteiger charge is 2.31. The summed E-state index contributed by atoms with van der Waals surface area (Å²) in [4.78, 5) is 9.09. The van der Waals surface area contributed by atoms with Gasteiger partial charge in [0, 0.05) is 17.9 Å². The molecule has 0 amide bonds. The average molecular weight is 445 g/mol. The van der Waals surface area contributed by atoms with E-state index in [-0.39, 0.29) is 11.9 Å². The molecule has 2 aliphatic carbocycles. The predicted molar refractivity (Wildman–Crippen MR) is 128 cm³/mol. The molecule has 2 atom stereocenters. The van der Waals surface area contributed by atoms with Gasteiger partial charge in [0.05, 0.1) is 19.9 Å². The van der Waals surface area contributed by atoms with Crippen LogP contribution in [-0.4, -0.2) is 30.4 Å². The van der Waals surface area contributed by atoms with Crippen LogP contribution in [0.25, 0.3) is 5.57 Å². The molecule has 170 valence electrons. The van der Waals surface area contributed by atoms with Crippen molar-refractivity contribution in [2.24, 2.45) is 0 Å². The molecule has 0 spiro atoms. The number of halogens is 1. The Hall–Kier alpha value is -3.21. The summed E-state index contributed by atoms with van der Waals surface area (Å²) >= 11 is 0. The number of allylic oxidation sites excluding steroid dienone is 2. The number of rotatable bonds is 7. The van der Waals surface area contributed by atoms with Gasteiger partial charge in [0.25, 0.3) is 0 Å². The molecule has 3 aromatic rings. The molecule has 0 bridgehead atoms. The molecule has 4 nitrogen and oxygen atoms in total. The lowest BCUT2D eigenvalue weighted by atomic mass is 9.81. The zero-order chi connectivity index (χ0) is 22.8. The number of aromatic nitrogens is 2. The second kappa shape index (κ2) is 9.34. The molecular formula is C28H29FN2O2. The van der Waals surface area contributed by atoms with Gasteiger partial charge >= 0.3 is 6.01 Å². The summed E-state index contributed by atoms with van der Waals surface area (Å²) in [6.45, 7) is 0. The minimum absolute atomic E-state index is 0.0704. The second-order valence-electron chi connectivity index (χ2n) is 8.94. The van der Waals surface area contributed by atoms with Crippen molar-refractivity contribution in [3.8, 4) is 11.9 Å². The van der Waals surface area contributed by atoms with E-state index < -0.39 is 6.17 Å². The van der Waals surface area contributed by atoms with Gasteiger partial charge < -0.3 is 9.47 Å². The Morgan fingerprint density at radius 2 is 1.67 bits per heavy atom. The summed E-state index contributed by atoms with van der Waals surface area (Å²) < 4.78 is 26.4. The van der Waals surface area contributed by atoms with E-state index in [4.69, 9.17) is 9.47 Å². The van der Waals surface area contributed by atoms with Crippen molar-refractivity contribution in [1.82, 2.24) is 9.97 Å². The van der Waals surface area contributed by atoms with Crippen molar-refractivity contribution in [3.63, 3.8) is 0 Å². The molecule has 5 rings (SSSR count). The molecule has 2 unspecified atom stereocenters. The third-order valence-corrected chi connectivity index (χ3v) is 6.71. The van der Waals surface area contributed by atoms with Crippen molar-refractivity contribution in [3.05, 3.63) is 88.6 Å². The SMILES string of the molecule is COc1nc(OC)c(Cc2ccccc2)c(C2CC=C(c3ccc(C4CC4)cc3)C(F)C2)n1. The number of nitrogens with zero attached hydrogens (tertiary/aromatic N) is 2. The molecule has 33 heavy (non-hydrogen) atoms. The zero-order valence-electron chi connectivity index (χ0n) is 19.1. The van der Waals surface area contributed by atoms with Crippen LogP contribution in [0.4, 0.5) is 4.39 Å². The van der Waals surface area contributed by atoms with Crippen molar-refractivity contribution in [1.29, 1.82) is 0 Å². The highest BCUT2D eigenvalue weighted by Crippen LogP contribution is 2.43. The Balaban J connectivity index is 1.45. The summed E-state index contributed by atoms with van der Waals surface area (Å²) in [5.74, 6) is 1.12. The van der Waals surface area contributed by atoms with Gasteiger partial charge in [-0.3, -0.25) is 0 Å². The van der Waals surface area contributed by atoms with Crippen LogP contribution in [-0.2, 0) is 6.42 Å². The number of methoxy groups -OCH3 is 2. The molecule has 1 saturated carbocycles. The van der Waals surface area contributed by atoms with E-state index >= 15 is 4.39 Å². The summed E-state index contributed by atoms with van der Waals surface area (Å²) in [6, 6.07) is 18.8. The molecule has 0 N–H and O–H groups in total. The molecule has 0 saturated heterocycles. The fourth-order valence-corrected chi connectivity index (χ4v) is 4.78. The van der Waals surface area contributed by atoms with Crippen LogP contribution in [0, 0.1) is 0 Å². The van der Waals surface area contributed by atoms with E-state index in [1.54, 1.807) is 7.11 Å². The average Bonchev–Trinajstić information content (AvgIpc) is 3.70. The standard InChI is InChI=1S/C28H29FN2O2/c1-32-27-24(16-18-6-4-3-5-7-18)26(30-28(31-27)33-2)22-14-15-23(25(29)17-22)21-12-10-20(11-13-21)19-8-9-19/h3-7,10-13,15,19,22,25H,8-9,14,16-17H2,1-2H3. The third-order valence-electron chi connectivity index (χ3n) is 6.71. The van der Waals surface area contributed by atoms with Crippen LogP contribution >= 0.6 is 0 Å². The summed E-state index contributed by atoms with van der Waals surface area (Å²) in [5, 5.41) is 0. The number of benzene rings is 2. The maximum atomic E-state index is 15.5. The predicted octanol–water partition coefficient (Wildman–Crippen LogP) is 6.26. The Bertz CT molecular complexity index is 1140. The van der Waals surface area contributed by atoms with Gasteiger partial charge in [0.15, 0.2) is 0 Å². The molecule has 1 fully saturated rings. The van der Waals surface area contributed by atoms with Crippen molar-refractivity contribution < 1.29 is 13.9 Å². The normalized spacial score (nSPS) is 20.3. The molecule has 0 radical (unpaired) electrons. The highest BCUT2D eigenvalue weighted by molar-refractivity contribution is 5.70. The van der Waals surface area contributed by atoms with E-state index in [2.05, 4.69) is 46.4 Å². The lowest BCUT2D eigenvalue weighted by Gasteiger charge is -2.27. The first-order valence-electron chi connectivity index (χ1n) is 11.6. The molecule has 0 aliphatic heterocycles. The number of alkyl halides is 1. The van der Waals surface area contributed by atoms with Gasteiger partial charge in [-0.2, -0.15) is 9.97 Å². The van der Waals surface area contributed by atoms with Gasteiger partial charge in [0.1, 0.15) is 6.17 Å². The fourth-order valence-electron chi connectivity index (χ4n) is 4.78. The summed E-state index contributed by atoms with van der Waals surface area (Å²) in [6.07, 6.45) is 5.24. The first-order valence-corrected chi connectivity index (χ1v) is 11.6. The van der Waals surface area contributed by atoms with Crippen LogP contribution in [0.15, 0.2) is 60.7 Å². The van der Waals surface area contributed by atoms with Crippen LogP contribution in [0.1, 0.15) is 65.5 Å². The minimum Gasteiger partial charge on any atom is -0.481 e. The zero-order valence-corrected chi connectivity index (χ0v) is 19.1. The molecule has 1 heterocycles. The Kier molecular flexibility index (Phi) is 6.12.